The lowest BCUT2D eigenvalue weighted by Gasteiger charge is -2.34. The molecule has 1 heterocycles. The van der Waals surface area contributed by atoms with Crippen LogP contribution < -0.4 is 15.5 Å². The van der Waals surface area contributed by atoms with Gasteiger partial charge in [0.25, 0.3) is 0 Å². The highest BCUT2D eigenvalue weighted by atomic mass is 16.2. The molecule has 0 aliphatic carbocycles. The van der Waals surface area contributed by atoms with Gasteiger partial charge in [-0.2, -0.15) is 0 Å². The first kappa shape index (κ1) is 21.8. The fraction of sp³-hybridized carbons (Fsp3) is 0.417. The zero-order chi connectivity index (χ0) is 21.3. The first-order chi connectivity index (χ1) is 14.5. The molecule has 1 unspecified atom stereocenters. The molecule has 1 fully saturated rings. The minimum Gasteiger partial charge on any atom is -0.369 e. The molecule has 0 saturated carbocycles. The van der Waals surface area contributed by atoms with Crippen LogP contribution >= 0.6 is 0 Å². The Hall–Kier alpha value is -2.86. The maximum atomic E-state index is 12.1. The predicted molar refractivity (Wildman–Crippen MR) is 120 cm³/mol. The van der Waals surface area contributed by atoms with E-state index in [2.05, 4.69) is 51.7 Å². The van der Waals surface area contributed by atoms with Gasteiger partial charge in [-0.3, -0.25) is 9.59 Å². The number of likely N-dealkylation sites (N-methyl/N-ethyl adjacent to an activating group) is 1. The summed E-state index contributed by atoms with van der Waals surface area (Å²) in [5.74, 6) is -1.17. The average Bonchev–Trinajstić information content (AvgIpc) is 2.78. The van der Waals surface area contributed by atoms with Gasteiger partial charge in [-0.05, 0) is 50.1 Å². The van der Waals surface area contributed by atoms with Gasteiger partial charge in [-0.15, -0.1) is 0 Å². The van der Waals surface area contributed by atoms with E-state index >= 15 is 0 Å². The molecule has 30 heavy (non-hydrogen) atoms. The summed E-state index contributed by atoms with van der Waals surface area (Å²) in [5, 5.41) is 5.45. The molecule has 6 heteroatoms. The van der Waals surface area contributed by atoms with Crippen molar-refractivity contribution in [3.05, 3.63) is 65.7 Å². The molecule has 2 aromatic rings. The molecule has 0 radical (unpaired) electrons. The zero-order valence-corrected chi connectivity index (χ0v) is 17.9. The number of aryl methyl sites for hydroxylation is 1. The molecule has 2 N–H and O–H groups in total. The maximum absolute atomic E-state index is 12.1. The summed E-state index contributed by atoms with van der Waals surface area (Å²) in [6.07, 6.45) is 1.66. The van der Waals surface area contributed by atoms with Crippen LogP contribution in [0.3, 0.4) is 0 Å². The van der Waals surface area contributed by atoms with E-state index in [4.69, 9.17) is 0 Å². The molecule has 1 saturated heterocycles. The molecule has 0 aromatic heterocycles. The summed E-state index contributed by atoms with van der Waals surface area (Å²) in [6.45, 7) is 6.66. The maximum Gasteiger partial charge on any atom is 0.309 e. The number of amides is 2. The molecule has 6 nitrogen and oxygen atoms in total. The first-order valence-electron chi connectivity index (χ1n) is 10.7. The number of rotatable bonds is 7. The molecular weight excluding hydrogens is 376 g/mol. The summed E-state index contributed by atoms with van der Waals surface area (Å²) < 4.78 is 0. The van der Waals surface area contributed by atoms with Crippen molar-refractivity contribution in [3.8, 4) is 0 Å². The SMILES string of the molecule is CC(NC(=O)C(=O)NCCCc1ccc(N2CCN(C)CC2)cc1)c1ccccc1. The van der Waals surface area contributed by atoms with Crippen molar-refractivity contribution in [2.24, 2.45) is 0 Å². The number of piperazine rings is 1. The van der Waals surface area contributed by atoms with E-state index in [1.54, 1.807) is 0 Å². The summed E-state index contributed by atoms with van der Waals surface area (Å²) in [4.78, 5) is 28.9. The largest absolute Gasteiger partial charge is 0.369 e. The van der Waals surface area contributed by atoms with E-state index in [9.17, 15) is 9.59 Å². The Morgan fingerprint density at radius 1 is 0.933 bits per heavy atom. The van der Waals surface area contributed by atoms with Crippen molar-refractivity contribution in [2.75, 3.05) is 44.7 Å². The van der Waals surface area contributed by atoms with Crippen molar-refractivity contribution in [1.29, 1.82) is 0 Å². The number of benzene rings is 2. The van der Waals surface area contributed by atoms with Crippen LogP contribution in [0, 0.1) is 0 Å². The van der Waals surface area contributed by atoms with Gasteiger partial charge in [0.15, 0.2) is 0 Å². The number of hydrogen-bond acceptors (Lipinski definition) is 4. The van der Waals surface area contributed by atoms with Crippen LogP contribution in [0.1, 0.15) is 30.5 Å². The topological polar surface area (TPSA) is 64.7 Å². The third kappa shape index (κ3) is 6.32. The Bertz CT molecular complexity index is 815. The molecule has 1 aliphatic heterocycles. The quantitative estimate of drug-likeness (QED) is 0.545. The van der Waals surface area contributed by atoms with Crippen molar-refractivity contribution >= 4 is 17.5 Å². The van der Waals surface area contributed by atoms with Crippen molar-refractivity contribution in [2.45, 2.75) is 25.8 Å². The van der Waals surface area contributed by atoms with Crippen molar-refractivity contribution in [3.63, 3.8) is 0 Å². The van der Waals surface area contributed by atoms with Crippen molar-refractivity contribution < 1.29 is 9.59 Å². The van der Waals surface area contributed by atoms with Gasteiger partial charge in [0.2, 0.25) is 0 Å². The van der Waals surface area contributed by atoms with E-state index < -0.39 is 11.8 Å². The first-order valence-corrected chi connectivity index (χ1v) is 10.7. The van der Waals surface area contributed by atoms with E-state index in [1.807, 2.05) is 37.3 Å². The van der Waals surface area contributed by atoms with Crippen LogP contribution in [0.25, 0.3) is 0 Å². The lowest BCUT2D eigenvalue weighted by Crippen LogP contribution is -2.44. The van der Waals surface area contributed by atoms with Gasteiger partial charge in [0.1, 0.15) is 0 Å². The van der Waals surface area contributed by atoms with Crippen molar-refractivity contribution in [1.82, 2.24) is 15.5 Å². The molecular formula is C24H32N4O2. The van der Waals surface area contributed by atoms with Gasteiger partial charge in [0.05, 0.1) is 6.04 Å². The molecule has 2 aromatic carbocycles. The molecule has 1 aliphatic rings. The van der Waals surface area contributed by atoms with E-state index in [0.717, 1.165) is 44.6 Å². The standard InChI is InChI=1S/C24H32N4O2/c1-19(21-8-4-3-5-9-21)26-24(30)23(29)25-14-6-7-20-10-12-22(13-11-20)28-17-15-27(2)16-18-28/h3-5,8-13,19H,6-7,14-18H2,1-2H3,(H,25,29)(H,26,30). The highest BCUT2D eigenvalue weighted by Crippen LogP contribution is 2.17. The highest BCUT2D eigenvalue weighted by Gasteiger charge is 2.16. The number of nitrogens with zero attached hydrogens (tertiary/aromatic N) is 2. The van der Waals surface area contributed by atoms with E-state index in [-0.39, 0.29) is 6.04 Å². The van der Waals surface area contributed by atoms with Gasteiger partial charge in [-0.1, -0.05) is 42.5 Å². The third-order valence-corrected chi connectivity index (χ3v) is 5.59. The lowest BCUT2D eigenvalue weighted by molar-refractivity contribution is -0.139. The smallest absolute Gasteiger partial charge is 0.309 e. The minimum atomic E-state index is -0.595. The van der Waals surface area contributed by atoms with E-state index in [0.29, 0.717) is 6.54 Å². The number of nitrogens with one attached hydrogen (secondary N) is 2. The Morgan fingerprint density at radius 3 is 2.27 bits per heavy atom. The normalized spacial score (nSPS) is 15.5. The van der Waals surface area contributed by atoms with Crippen LogP contribution in [0.2, 0.25) is 0 Å². The van der Waals surface area contributed by atoms with Gasteiger partial charge in [-0.25, -0.2) is 0 Å². The molecule has 0 spiro atoms. The number of anilines is 1. The molecule has 3 rings (SSSR count). The van der Waals surface area contributed by atoms with Crippen LogP contribution in [0.5, 0.6) is 0 Å². The minimum absolute atomic E-state index is 0.205. The molecule has 1 atom stereocenters. The van der Waals surface area contributed by atoms with Gasteiger partial charge >= 0.3 is 11.8 Å². The lowest BCUT2D eigenvalue weighted by atomic mass is 10.1. The summed E-state index contributed by atoms with van der Waals surface area (Å²) in [6, 6.07) is 18.1. The van der Waals surface area contributed by atoms with Gasteiger partial charge in [0, 0.05) is 38.4 Å². The number of carbonyl (C=O) groups is 2. The van der Waals surface area contributed by atoms with Crippen LogP contribution in [-0.2, 0) is 16.0 Å². The Morgan fingerprint density at radius 2 is 1.60 bits per heavy atom. The zero-order valence-electron chi connectivity index (χ0n) is 17.9. The fourth-order valence-corrected chi connectivity index (χ4v) is 3.60. The van der Waals surface area contributed by atoms with Crippen LogP contribution in [0.4, 0.5) is 5.69 Å². The Balaban J connectivity index is 1.36. The summed E-state index contributed by atoms with van der Waals surface area (Å²) in [7, 11) is 2.16. The molecule has 0 bridgehead atoms. The summed E-state index contributed by atoms with van der Waals surface area (Å²) in [5.41, 5.74) is 3.48. The number of carbonyl (C=O) groups excluding carboxylic acids is 2. The van der Waals surface area contributed by atoms with E-state index in [1.165, 1.54) is 11.3 Å². The van der Waals surface area contributed by atoms with Crippen LogP contribution in [0.15, 0.2) is 54.6 Å². The third-order valence-electron chi connectivity index (χ3n) is 5.59. The Labute approximate surface area is 179 Å². The second-order valence-electron chi connectivity index (χ2n) is 7.92. The molecule has 160 valence electrons. The van der Waals surface area contributed by atoms with Gasteiger partial charge < -0.3 is 20.4 Å². The predicted octanol–water partition coefficient (Wildman–Crippen LogP) is 2.36. The monoisotopic (exact) mass is 408 g/mol. The second-order valence-corrected chi connectivity index (χ2v) is 7.92. The highest BCUT2D eigenvalue weighted by molar-refractivity contribution is 6.35. The van der Waals surface area contributed by atoms with Crippen LogP contribution in [-0.4, -0.2) is 56.5 Å². The summed E-state index contributed by atoms with van der Waals surface area (Å²) >= 11 is 0. The fourth-order valence-electron chi connectivity index (χ4n) is 3.60. The Kier molecular flexibility index (Phi) is 7.85. The number of hydrogen-bond donors (Lipinski definition) is 2. The second kappa shape index (κ2) is 10.8. The average molecular weight is 409 g/mol. The molecule has 2 amide bonds.